The van der Waals surface area contributed by atoms with Gasteiger partial charge < -0.3 is 4.52 Å². The van der Waals surface area contributed by atoms with Crippen molar-refractivity contribution < 1.29 is 4.52 Å². The van der Waals surface area contributed by atoms with Crippen molar-refractivity contribution >= 4 is 54.5 Å². The zero-order chi connectivity index (χ0) is 11.8. The van der Waals surface area contributed by atoms with Gasteiger partial charge >= 0.3 is 0 Å². The second kappa shape index (κ2) is 4.64. The molecule has 0 aliphatic heterocycles. The lowest BCUT2D eigenvalue weighted by molar-refractivity contribution is 0.433. The zero-order valence-corrected chi connectivity index (χ0v) is 13.0. The van der Waals surface area contributed by atoms with E-state index in [9.17, 15) is 0 Å². The number of nitrogens with zero attached hydrogens (tertiary/aromatic N) is 2. The summed E-state index contributed by atoms with van der Waals surface area (Å²) in [5.41, 5.74) is 0. The molecule has 0 fully saturated rings. The number of hydrogen-bond acceptors (Lipinski definition) is 5. The van der Waals surface area contributed by atoms with E-state index in [1.165, 1.54) is 0 Å². The topological polar surface area (TPSA) is 38.9 Å². The first kappa shape index (κ1) is 11.6. The highest BCUT2D eigenvalue weighted by Crippen LogP contribution is 2.33. The first-order valence-electron chi connectivity index (χ1n) is 4.57. The maximum atomic E-state index is 5.25. The number of rotatable bonds is 2. The summed E-state index contributed by atoms with van der Waals surface area (Å²) in [6.07, 6.45) is 0. The molecule has 3 aromatic heterocycles. The molecule has 0 N–H and O–H groups in total. The van der Waals surface area contributed by atoms with E-state index in [1.54, 1.807) is 22.7 Å². The molecule has 3 aromatic rings. The fourth-order valence-electron chi connectivity index (χ4n) is 1.29. The van der Waals surface area contributed by atoms with Gasteiger partial charge in [-0.3, -0.25) is 0 Å². The summed E-state index contributed by atoms with van der Waals surface area (Å²) in [7, 11) is 0. The van der Waals surface area contributed by atoms with Gasteiger partial charge in [-0.1, -0.05) is 5.16 Å². The molecule has 0 saturated heterocycles. The summed E-state index contributed by atoms with van der Waals surface area (Å²) < 4.78 is 7.35. The summed E-state index contributed by atoms with van der Waals surface area (Å²) in [4.78, 5) is 6.33. The van der Waals surface area contributed by atoms with Crippen molar-refractivity contribution in [3.63, 3.8) is 0 Å². The van der Waals surface area contributed by atoms with Crippen molar-refractivity contribution in [2.24, 2.45) is 0 Å². The average molecular weight is 392 g/mol. The van der Waals surface area contributed by atoms with Crippen LogP contribution in [-0.2, 0) is 0 Å². The van der Waals surface area contributed by atoms with E-state index in [2.05, 4.69) is 42.0 Å². The van der Waals surface area contributed by atoms with Gasteiger partial charge in [-0.05, 0) is 56.1 Å². The van der Waals surface area contributed by atoms with E-state index in [0.29, 0.717) is 11.7 Å². The van der Waals surface area contributed by atoms with Crippen molar-refractivity contribution in [1.29, 1.82) is 0 Å². The summed E-state index contributed by atoms with van der Waals surface area (Å²) in [6.45, 7) is 0. The maximum Gasteiger partial charge on any atom is 0.268 e. The molecule has 0 bridgehead atoms. The molecule has 17 heavy (non-hydrogen) atoms. The number of hydrogen-bond donors (Lipinski definition) is 0. The SMILES string of the molecule is Brc1ccc(-c2noc(-c3ccc(Br)s3)n2)s1. The Hall–Kier alpha value is -0.500. The molecule has 0 aromatic carbocycles. The minimum absolute atomic E-state index is 0.556. The van der Waals surface area contributed by atoms with Gasteiger partial charge in [-0.15, -0.1) is 22.7 Å². The molecule has 0 unspecified atom stereocenters. The van der Waals surface area contributed by atoms with Gasteiger partial charge in [0.2, 0.25) is 5.82 Å². The molecule has 3 rings (SSSR count). The quantitative estimate of drug-likeness (QED) is 0.613. The zero-order valence-electron chi connectivity index (χ0n) is 8.18. The predicted molar refractivity (Wildman–Crippen MR) is 76.3 cm³/mol. The van der Waals surface area contributed by atoms with Crippen LogP contribution in [-0.4, -0.2) is 10.1 Å². The van der Waals surface area contributed by atoms with Gasteiger partial charge in [0.15, 0.2) is 0 Å². The van der Waals surface area contributed by atoms with Crippen LogP contribution in [0.1, 0.15) is 0 Å². The Balaban J connectivity index is 1.98. The van der Waals surface area contributed by atoms with E-state index in [4.69, 9.17) is 4.52 Å². The number of thiophene rings is 2. The minimum Gasteiger partial charge on any atom is -0.333 e. The lowest BCUT2D eigenvalue weighted by Crippen LogP contribution is -1.74. The van der Waals surface area contributed by atoms with E-state index in [0.717, 1.165) is 17.3 Å². The van der Waals surface area contributed by atoms with Crippen LogP contribution in [0.25, 0.3) is 21.5 Å². The molecule has 86 valence electrons. The van der Waals surface area contributed by atoms with Crippen LogP contribution in [0, 0.1) is 0 Å². The first-order chi connectivity index (χ1) is 8.22. The van der Waals surface area contributed by atoms with Crippen molar-refractivity contribution in [2.75, 3.05) is 0 Å². The fraction of sp³-hybridized carbons (Fsp3) is 0. The largest absolute Gasteiger partial charge is 0.333 e. The Kier molecular flexibility index (Phi) is 3.16. The average Bonchev–Trinajstić information content (AvgIpc) is 2.96. The van der Waals surface area contributed by atoms with Gasteiger partial charge in [0.05, 0.1) is 17.3 Å². The molecule has 0 aliphatic rings. The van der Waals surface area contributed by atoms with Crippen LogP contribution in [0.3, 0.4) is 0 Å². The molecule has 7 heteroatoms. The molecular weight excluding hydrogens is 388 g/mol. The van der Waals surface area contributed by atoms with E-state index in [1.807, 2.05) is 24.3 Å². The van der Waals surface area contributed by atoms with Crippen LogP contribution in [0.15, 0.2) is 36.4 Å². The highest BCUT2D eigenvalue weighted by atomic mass is 79.9. The number of halogens is 2. The molecule has 0 radical (unpaired) electrons. The smallest absolute Gasteiger partial charge is 0.268 e. The van der Waals surface area contributed by atoms with Gasteiger partial charge in [-0.2, -0.15) is 4.98 Å². The van der Waals surface area contributed by atoms with Crippen molar-refractivity contribution in [1.82, 2.24) is 10.1 Å². The van der Waals surface area contributed by atoms with E-state index < -0.39 is 0 Å². The van der Waals surface area contributed by atoms with Crippen molar-refractivity contribution in [3.05, 3.63) is 31.8 Å². The highest BCUT2D eigenvalue weighted by Gasteiger charge is 2.13. The Labute approximate surface area is 122 Å². The Morgan fingerprint density at radius 2 is 1.59 bits per heavy atom. The summed E-state index contributed by atoms with van der Waals surface area (Å²) in [5.74, 6) is 1.18. The summed E-state index contributed by atoms with van der Waals surface area (Å²) >= 11 is 9.97. The van der Waals surface area contributed by atoms with Crippen LogP contribution in [0.4, 0.5) is 0 Å². The third-order valence-electron chi connectivity index (χ3n) is 2.00. The highest BCUT2D eigenvalue weighted by molar-refractivity contribution is 9.11. The summed E-state index contributed by atoms with van der Waals surface area (Å²) in [6, 6.07) is 7.85. The second-order valence-corrected chi connectivity index (χ2v) is 8.06. The van der Waals surface area contributed by atoms with Crippen LogP contribution in [0.2, 0.25) is 0 Å². The van der Waals surface area contributed by atoms with Crippen LogP contribution >= 0.6 is 54.5 Å². The van der Waals surface area contributed by atoms with Crippen LogP contribution in [0.5, 0.6) is 0 Å². The van der Waals surface area contributed by atoms with Gasteiger partial charge in [0, 0.05) is 0 Å². The third-order valence-corrected chi connectivity index (χ3v) is 5.23. The monoisotopic (exact) mass is 390 g/mol. The molecule has 3 nitrogen and oxygen atoms in total. The van der Waals surface area contributed by atoms with Crippen molar-refractivity contribution in [3.8, 4) is 21.5 Å². The normalized spacial score (nSPS) is 10.9. The predicted octanol–water partition coefficient (Wildman–Crippen LogP) is 5.05. The van der Waals surface area contributed by atoms with E-state index >= 15 is 0 Å². The molecule has 3 heterocycles. The fourth-order valence-corrected chi connectivity index (χ4v) is 3.91. The Morgan fingerprint density at radius 1 is 0.941 bits per heavy atom. The second-order valence-electron chi connectivity index (χ2n) is 3.13. The molecule has 0 aliphatic carbocycles. The van der Waals surface area contributed by atoms with Crippen molar-refractivity contribution in [2.45, 2.75) is 0 Å². The van der Waals surface area contributed by atoms with E-state index in [-0.39, 0.29) is 0 Å². The lowest BCUT2D eigenvalue weighted by atomic mass is 10.4. The first-order valence-corrected chi connectivity index (χ1v) is 7.79. The molecule has 0 amide bonds. The van der Waals surface area contributed by atoms with Gasteiger partial charge in [0.25, 0.3) is 5.89 Å². The maximum absolute atomic E-state index is 5.25. The molecule has 0 atom stereocenters. The Morgan fingerprint density at radius 3 is 2.18 bits per heavy atom. The Bertz CT molecular complexity index is 604. The lowest BCUT2D eigenvalue weighted by Gasteiger charge is -1.84. The van der Waals surface area contributed by atoms with Gasteiger partial charge in [0.1, 0.15) is 0 Å². The van der Waals surface area contributed by atoms with Gasteiger partial charge in [-0.25, -0.2) is 0 Å². The molecule has 0 spiro atoms. The molecular formula is C10H4Br2N2OS2. The standard InChI is InChI=1S/C10H4Br2N2OS2/c11-7-3-1-5(16-7)9-13-10(15-14-9)6-2-4-8(12)17-6/h1-4H. The minimum atomic E-state index is 0.556. The molecule has 0 saturated carbocycles. The third kappa shape index (κ3) is 2.37. The van der Waals surface area contributed by atoms with Crippen LogP contribution < -0.4 is 0 Å². The summed E-state index contributed by atoms with van der Waals surface area (Å²) in [5, 5.41) is 3.98. The number of aromatic nitrogens is 2.